The number of nitriles is 1. The molecule has 0 radical (unpaired) electrons. The zero-order valence-corrected chi connectivity index (χ0v) is 24.8. The van der Waals surface area contributed by atoms with E-state index in [1.165, 1.54) is 0 Å². The predicted octanol–water partition coefficient (Wildman–Crippen LogP) is 2.50. The number of fused-ring (bicyclic) bond motifs is 1. The second kappa shape index (κ2) is 13.5. The molecule has 1 unspecified atom stereocenters. The van der Waals surface area contributed by atoms with E-state index < -0.39 is 23.8 Å². The number of aromatic nitrogens is 1. The van der Waals surface area contributed by atoms with Gasteiger partial charge in [0.15, 0.2) is 5.92 Å². The summed E-state index contributed by atoms with van der Waals surface area (Å²) in [6.45, 7) is 2.41. The Morgan fingerprint density at radius 3 is 2.49 bits per heavy atom. The molecule has 3 aliphatic rings. The van der Waals surface area contributed by atoms with Gasteiger partial charge in [-0.25, -0.2) is 0 Å². The van der Waals surface area contributed by atoms with Crippen LogP contribution in [0.25, 0.3) is 10.9 Å². The lowest BCUT2D eigenvalue weighted by Gasteiger charge is -2.32. The molecular weight excluding hydrogens is 572 g/mol. The normalized spacial score (nSPS) is 21.0. The van der Waals surface area contributed by atoms with Gasteiger partial charge in [0.25, 0.3) is 0 Å². The molecule has 5 rings (SSSR count). The van der Waals surface area contributed by atoms with E-state index in [9.17, 15) is 24.4 Å². The summed E-state index contributed by atoms with van der Waals surface area (Å²) in [5.74, 6) is -2.83. The third-order valence-corrected chi connectivity index (χ3v) is 8.93. The summed E-state index contributed by atoms with van der Waals surface area (Å²) >= 11 is 6.34. The minimum Gasteiger partial charge on any atom is -0.369 e. The zero-order valence-electron chi connectivity index (χ0n) is 24.1. The number of likely N-dealkylation sites (tertiary alicyclic amines) is 3. The van der Waals surface area contributed by atoms with Crippen molar-refractivity contribution in [1.82, 2.24) is 19.7 Å². The molecule has 3 saturated heterocycles. The molecule has 43 heavy (non-hydrogen) atoms. The molecule has 12 nitrogen and oxygen atoms in total. The Balaban J connectivity index is 1.45. The van der Waals surface area contributed by atoms with E-state index >= 15 is 0 Å². The van der Waals surface area contributed by atoms with E-state index in [4.69, 9.17) is 22.3 Å². The lowest BCUT2D eigenvalue weighted by atomic mass is 9.95. The number of piperidine rings is 1. The van der Waals surface area contributed by atoms with Crippen LogP contribution in [0, 0.1) is 23.2 Å². The average molecular weight is 609 g/mol. The Hall–Kier alpha value is -4.11. The first-order chi connectivity index (χ1) is 20.8. The number of para-hydroxylation sites is 1. The van der Waals surface area contributed by atoms with E-state index in [1.54, 1.807) is 33.0 Å². The Morgan fingerprint density at radius 2 is 1.79 bits per heavy atom. The lowest BCUT2D eigenvalue weighted by Crippen LogP contribution is -2.47. The molecule has 0 aliphatic carbocycles. The molecule has 3 aliphatic heterocycles. The van der Waals surface area contributed by atoms with Crippen LogP contribution in [0.1, 0.15) is 44.9 Å². The fraction of sp³-hybridized carbons (Fsp3) is 0.533. The number of H-pyrrole nitrogens is 1. The van der Waals surface area contributed by atoms with Gasteiger partial charge >= 0.3 is 0 Å². The highest BCUT2D eigenvalue weighted by Gasteiger charge is 2.36. The second-order valence-corrected chi connectivity index (χ2v) is 11.8. The van der Waals surface area contributed by atoms with E-state index in [1.807, 2.05) is 6.07 Å². The number of primary amides is 1. The maximum Gasteiger partial charge on any atom is 0.247 e. The van der Waals surface area contributed by atoms with Gasteiger partial charge in [-0.1, -0.05) is 23.7 Å². The number of nitrogens with zero attached hydrogens (tertiary/aromatic N) is 5. The third kappa shape index (κ3) is 6.77. The lowest BCUT2D eigenvalue weighted by molar-refractivity contribution is -0.140. The van der Waals surface area contributed by atoms with Crippen molar-refractivity contribution in [3.63, 3.8) is 0 Å². The molecule has 0 spiro atoms. The molecule has 4 heterocycles. The maximum atomic E-state index is 13.8. The van der Waals surface area contributed by atoms with Crippen LogP contribution in [-0.4, -0.2) is 94.5 Å². The molecule has 4 N–H and O–H groups in total. The largest absolute Gasteiger partial charge is 0.369 e. The Labute approximate surface area is 255 Å². The number of amidine groups is 1. The molecule has 0 bridgehead atoms. The van der Waals surface area contributed by atoms with Crippen LogP contribution in [0.5, 0.6) is 0 Å². The standard InChI is InChI=1S/C30H37ClN8O4/c31-22-17-34-26-20(22)6-5-8-23(26)35-28(21(16-32)29(42)38-14-9-19(10-15-38)27(33)41)36-24-7-1-2-13-39(30(24)43)18-25(40)37-11-3-4-12-37/h5-6,8,17,19,21,24,34H,1-4,7,9-15,18H2,(H2,33,41)(H,35,36)/t21?,24-/m0/s1. The molecule has 3 fully saturated rings. The predicted molar refractivity (Wildman–Crippen MR) is 162 cm³/mol. The van der Waals surface area contributed by atoms with Gasteiger partial charge in [0, 0.05) is 50.2 Å². The van der Waals surface area contributed by atoms with Crippen LogP contribution in [-0.2, 0) is 19.2 Å². The number of aromatic amines is 1. The van der Waals surface area contributed by atoms with Gasteiger partial charge in [0.1, 0.15) is 11.9 Å². The molecule has 2 aromatic rings. The van der Waals surface area contributed by atoms with E-state index in [0.717, 1.165) is 24.6 Å². The summed E-state index contributed by atoms with van der Waals surface area (Å²) in [5, 5.41) is 14.8. The molecular formula is C30H37ClN8O4. The second-order valence-electron chi connectivity index (χ2n) is 11.4. The van der Waals surface area contributed by atoms with Gasteiger partial charge in [0.05, 0.1) is 28.8 Å². The van der Waals surface area contributed by atoms with E-state index in [0.29, 0.717) is 61.5 Å². The average Bonchev–Trinajstić information content (AvgIpc) is 3.65. The molecule has 228 valence electrons. The van der Waals surface area contributed by atoms with Gasteiger partial charge in [-0.15, -0.1) is 0 Å². The molecule has 2 atom stereocenters. The van der Waals surface area contributed by atoms with E-state index in [2.05, 4.69) is 16.4 Å². The maximum absolute atomic E-state index is 13.8. The number of nitrogens with two attached hydrogens (primary N) is 1. The number of anilines is 1. The number of hydrogen-bond acceptors (Lipinski definition) is 6. The number of amides is 4. The Morgan fingerprint density at radius 1 is 1.07 bits per heavy atom. The van der Waals surface area contributed by atoms with Crippen LogP contribution in [0.2, 0.25) is 5.02 Å². The summed E-state index contributed by atoms with van der Waals surface area (Å²) in [7, 11) is 0. The Bertz CT molecular complexity index is 1450. The van der Waals surface area contributed by atoms with Crippen molar-refractivity contribution in [2.75, 3.05) is 44.6 Å². The first-order valence-electron chi connectivity index (χ1n) is 14.9. The monoisotopic (exact) mass is 608 g/mol. The number of carbonyl (C=O) groups is 4. The van der Waals surface area contributed by atoms with Crippen molar-refractivity contribution in [3.8, 4) is 6.07 Å². The fourth-order valence-electron chi connectivity index (χ4n) is 6.10. The molecule has 13 heteroatoms. The quantitative estimate of drug-likeness (QED) is 0.322. The molecule has 1 aromatic heterocycles. The van der Waals surface area contributed by atoms with Crippen LogP contribution in [0.3, 0.4) is 0 Å². The number of hydrogen-bond donors (Lipinski definition) is 3. The van der Waals surface area contributed by atoms with Gasteiger partial charge in [0.2, 0.25) is 23.6 Å². The number of nitrogens with one attached hydrogen (secondary N) is 2. The SMILES string of the molecule is N#CC(C(=O)N1CCC(C(N)=O)CC1)C(=N[C@H]1CCCCN(CC(=O)N2CCCC2)C1=O)Nc1cccc2c(Cl)c[nH]c12. The summed E-state index contributed by atoms with van der Waals surface area (Å²) in [4.78, 5) is 64.8. The van der Waals surface area contributed by atoms with Crippen molar-refractivity contribution in [3.05, 3.63) is 29.4 Å². The van der Waals surface area contributed by atoms with Crippen molar-refractivity contribution in [2.45, 2.75) is 51.0 Å². The zero-order chi connectivity index (χ0) is 30.5. The van der Waals surface area contributed by atoms with Gasteiger partial charge < -0.3 is 30.7 Å². The molecule has 4 amide bonds. The third-order valence-electron chi connectivity index (χ3n) is 8.62. The first-order valence-corrected chi connectivity index (χ1v) is 15.3. The summed E-state index contributed by atoms with van der Waals surface area (Å²) in [6, 6.07) is 6.65. The fourth-order valence-corrected chi connectivity index (χ4v) is 6.31. The van der Waals surface area contributed by atoms with E-state index in [-0.39, 0.29) is 43.2 Å². The highest BCUT2D eigenvalue weighted by molar-refractivity contribution is 6.36. The summed E-state index contributed by atoms with van der Waals surface area (Å²) in [5.41, 5.74) is 6.68. The molecule has 1 aromatic carbocycles. The van der Waals surface area contributed by atoms with Crippen LogP contribution in [0.4, 0.5) is 5.69 Å². The van der Waals surface area contributed by atoms with Gasteiger partial charge in [-0.2, -0.15) is 5.26 Å². The molecule has 0 saturated carbocycles. The van der Waals surface area contributed by atoms with Crippen LogP contribution >= 0.6 is 11.6 Å². The highest BCUT2D eigenvalue weighted by atomic mass is 35.5. The first kappa shape index (κ1) is 30.4. The minimum atomic E-state index is -1.33. The van der Waals surface area contributed by atoms with Crippen molar-refractivity contribution in [1.29, 1.82) is 5.26 Å². The number of carbonyl (C=O) groups excluding carboxylic acids is 4. The van der Waals surface area contributed by atoms with Crippen molar-refractivity contribution >= 4 is 57.7 Å². The minimum absolute atomic E-state index is 0.0106. The topological polar surface area (TPSA) is 168 Å². The summed E-state index contributed by atoms with van der Waals surface area (Å²) in [6.07, 6.45) is 6.26. The van der Waals surface area contributed by atoms with Gasteiger partial charge in [-0.3, -0.25) is 24.2 Å². The van der Waals surface area contributed by atoms with Crippen LogP contribution in [0.15, 0.2) is 29.4 Å². The number of rotatable bonds is 7. The number of aliphatic imine (C=N–C) groups is 1. The highest BCUT2D eigenvalue weighted by Crippen LogP contribution is 2.30. The summed E-state index contributed by atoms with van der Waals surface area (Å²) < 4.78 is 0. The van der Waals surface area contributed by atoms with Crippen molar-refractivity contribution < 1.29 is 19.2 Å². The smallest absolute Gasteiger partial charge is 0.247 e. The Kier molecular flexibility index (Phi) is 9.50. The number of halogens is 1. The number of benzene rings is 1. The van der Waals surface area contributed by atoms with Crippen LogP contribution < -0.4 is 11.1 Å². The van der Waals surface area contributed by atoms with Gasteiger partial charge in [-0.05, 0) is 51.0 Å². The van der Waals surface area contributed by atoms with Crippen molar-refractivity contribution in [2.24, 2.45) is 22.6 Å².